The van der Waals surface area contributed by atoms with Gasteiger partial charge in [-0.3, -0.25) is 0 Å². The first-order valence-corrected chi connectivity index (χ1v) is 9.54. The minimum Gasteiger partial charge on any atom is -0.379 e. The van der Waals surface area contributed by atoms with Crippen LogP contribution >= 0.6 is 11.6 Å². The van der Waals surface area contributed by atoms with Crippen LogP contribution < -0.4 is 0 Å². The van der Waals surface area contributed by atoms with Crippen LogP contribution in [0.15, 0.2) is 0 Å². The lowest BCUT2D eigenvalue weighted by atomic mass is 10.3. The van der Waals surface area contributed by atoms with Crippen LogP contribution in [-0.2, 0) is 18.9 Å². The zero-order valence-electron chi connectivity index (χ0n) is 12.5. The molecular formula is C13H29ClO4Si. The Morgan fingerprint density at radius 2 is 1.47 bits per heavy atom. The Morgan fingerprint density at radius 1 is 0.947 bits per heavy atom. The molecule has 0 aromatic carbocycles. The number of alkyl halides is 1. The van der Waals surface area contributed by atoms with E-state index in [1.54, 1.807) is 0 Å². The van der Waals surface area contributed by atoms with Gasteiger partial charge in [-0.05, 0) is 19.8 Å². The van der Waals surface area contributed by atoms with Crippen molar-refractivity contribution in [3.63, 3.8) is 0 Å². The number of ether oxygens (including phenoxy) is 4. The van der Waals surface area contributed by atoms with E-state index >= 15 is 0 Å². The smallest absolute Gasteiger partial charge is 0.135 e. The first kappa shape index (κ1) is 19.3. The van der Waals surface area contributed by atoms with Gasteiger partial charge in [-0.2, -0.15) is 0 Å². The fourth-order valence-corrected chi connectivity index (χ4v) is 3.60. The van der Waals surface area contributed by atoms with Crippen molar-refractivity contribution < 1.29 is 18.9 Å². The summed E-state index contributed by atoms with van der Waals surface area (Å²) < 4.78 is 22.0. The standard InChI is InChI=1S/C13H29ClO4Si/c1-4-15-6-8-17-13(18-9-7-16-5-2)19-11-12(3)10-14/h12-13H,4-11,19H2,1-3H3. The van der Waals surface area contributed by atoms with Gasteiger partial charge in [0.1, 0.15) is 5.91 Å². The molecule has 1 atom stereocenters. The van der Waals surface area contributed by atoms with Gasteiger partial charge in [-0.1, -0.05) is 13.0 Å². The van der Waals surface area contributed by atoms with Crippen molar-refractivity contribution in [2.75, 3.05) is 45.5 Å². The number of hydrogen-bond acceptors (Lipinski definition) is 4. The second-order valence-corrected chi connectivity index (χ2v) is 6.53. The summed E-state index contributed by atoms with van der Waals surface area (Å²) in [5, 5.41) is 0. The zero-order valence-corrected chi connectivity index (χ0v) is 14.7. The van der Waals surface area contributed by atoms with Gasteiger partial charge in [0.25, 0.3) is 0 Å². The SMILES string of the molecule is CCOCCOC(OCCOCC)[SiH2]CC(C)CCl. The van der Waals surface area contributed by atoms with E-state index in [-0.39, 0.29) is 5.91 Å². The summed E-state index contributed by atoms with van der Waals surface area (Å²) in [6, 6.07) is 1.14. The molecule has 0 radical (unpaired) electrons. The molecule has 0 aliphatic carbocycles. The summed E-state index contributed by atoms with van der Waals surface area (Å²) in [5.74, 6) is 1.20. The average Bonchev–Trinajstić information content (AvgIpc) is 2.44. The van der Waals surface area contributed by atoms with Gasteiger partial charge >= 0.3 is 0 Å². The highest BCUT2D eigenvalue weighted by Crippen LogP contribution is 2.07. The molecule has 0 heterocycles. The Balaban J connectivity index is 3.78. The molecule has 6 heteroatoms. The molecule has 0 amide bonds. The van der Waals surface area contributed by atoms with Crippen LogP contribution in [0.3, 0.4) is 0 Å². The van der Waals surface area contributed by atoms with E-state index < -0.39 is 9.52 Å². The molecule has 0 aliphatic rings. The highest BCUT2D eigenvalue weighted by molar-refractivity contribution is 6.36. The highest BCUT2D eigenvalue weighted by atomic mass is 35.5. The molecule has 0 aromatic rings. The molecule has 0 fully saturated rings. The van der Waals surface area contributed by atoms with Crippen LogP contribution in [0.5, 0.6) is 0 Å². The third-order valence-corrected chi connectivity index (χ3v) is 5.42. The van der Waals surface area contributed by atoms with Crippen molar-refractivity contribution in [3.05, 3.63) is 0 Å². The van der Waals surface area contributed by atoms with Crippen LogP contribution in [0.4, 0.5) is 0 Å². The van der Waals surface area contributed by atoms with Gasteiger partial charge < -0.3 is 18.9 Å². The van der Waals surface area contributed by atoms with Gasteiger partial charge in [-0.15, -0.1) is 11.6 Å². The highest BCUT2D eigenvalue weighted by Gasteiger charge is 2.12. The van der Waals surface area contributed by atoms with Gasteiger partial charge in [0.15, 0.2) is 0 Å². The summed E-state index contributed by atoms with van der Waals surface area (Å²) in [5.41, 5.74) is 0. The number of halogens is 1. The van der Waals surface area contributed by atoms with Crippen LogP contribution in [0.1, 0.15) is 20.8 Å². The maximum Gasteiger partial charge on any atom is 0.135 e. The van der Waals surface area contributed by atoms with Crippen molar-refractivity contribution in [1.29, 1.82) is 0 Å². The molecule has 1 unspecified atom stereocenters. The molecule has 19 heavy (non-hydrogen) atoms. The largest absolute Gasteiger partial charge is 0.379 e. The summed E-state index contributed by atoms with van der Waals surface area (Å²) in [4.78, 5) is 0. The molecule has 0 aliphatic heterocycles. The van der Waals surface area contributed by atoms with E-state index in [0.717, 1.165) is 19.3 Å². The van der Waals surface area contributed by atoms with Gasteiger partial charge in [0.2, 0.25) is 0 Å². The lowest BCUT2D eigenvalue weighted by molar-refractivity contribution is -0.112. The Morgan fingerprint density at radius 3 is 1.89 bits per heavy atom. The number of rotatable bonds is 14. The van der Waals surface area contributed by atoms with Gasteiger partial charge in [-0.25, -0.2) is 0 Å². The second kappa shape index (κ2) is 14.7. The lowest BCUT2D eigenvalue weighted by Gasteiger charge is -2.19. The van der Waals surface area contributed by atoms with Crippen molar-refractivity contribution in [1.82, 2.24) is 0 Å². The zero-order chi connectivity index (χ0) is 14.3. The molecule has 0 N–H and O–H groups in total. The summed E-state index contributed by atoms with van der Waals surface area (Å²) >= 11 is 5.83. The summed E-state index contributed by atoms with van der Waals surface area (Å²) in [6.07, 6.45) is 0. The predicted octanol–water partition coefficient (Wildman–Crippen LogP) is 1.84. The monoisotopic (exact) mass is 312 g/mol. The van der Waals surface area contributed by atoms with E-state index in [4.69, 9.17) is 30.5 Å². The quantitative estimate of drug-likeness (QED) is 0.212. The minimum atomic E-state index is -0.442. The van der Waals surface area contributed by atoms with Crippen LogP contribution in [0, 0.1) is 5.92 Å². The van der Waals surface area contributed by atoms with Gasteiger partial charge in [0.05, 0.1) is 35.9 Å². The van der Waals surface area contributed by atoms with E-state index in [9.17, 15) is 0 Å². The molecule has 0 saturated carbocycles. The summed E-state index contributed by atoms with van der Waals surface area (Å²) in [7, 11) is -0.442. The van der Waals surface area contributed by atoms with Crippen molar-refractivity contribution in [2.45, 2.75) is 32.7 Å². The topological polar surface area (TPSA) is 36.9 Å². The van der Waals surface area contributed by atoms with E-state index in [0.29, 0.717) is 38.2 Å². The van der Waals surface area contributed by atoms with E-state index in [2.05, 4.69) is 6.92 Å². The number of hydrogen-bond donors (Lipinski definition) is 0. The Kier molecular flexibility index (Phi) is 15.0. The Labute approximate surface area is 124 Å². The fourth-order valence-electron chi connectivity index (χ4n) is 1.48. The third kappa shape index (κ3) is 13.1. The van der Waals surface area contributed by atoms with E-state index in [1.165, 1.54) is 0 Å². The van der Waals surface area contributed by atoms with Crippen LogP contribution in [0.25, 0.3) is 0 Å². The van der Waals surface area contributed by atoms with Crippen LogP contribution in [-0.4, -0.2) is 61.0 Å². The van der Waals surface area contributed by atoms with Crippen LogP contribution in [0.2, 0.25) is 6.04 Å². The normalized spacial score (nSPS) is 13.7. The molecule has 0 spiro atoms. The Bertz CT molecular complexity index is 174. The van der Waals surface area contributed by atoms with E-state index in [1.807, 2.05) is 13.8 Å². The lowest BCUT2D eigenvalue weighted by Crippen LogP contribution is -2.29. The molecular weight excluding hydrogens is 284 g/mol. The Hall–Kier alpha value is 0.347. The average molecular weight is 313 g/mol. The van der Waals surface area contributed by atoms with Crippen molar-refractivity contribution >= 4 is 21.1 Å². The predicted molar refractivity (Wildman–Crippen MR) is 81.9 cm³/mol. The first-order valence-electron chi connectivity index (χ1n) is 7.19. The summed E-state index contributed by atoms with van der Waals surface area (Å²) in [6.45, 7) is 10.0. The fraction of sp³-hybridized carbons (Fsp3) is 1.00. The molecule has 4 nitrogen and oxygen atoms in total. The molecule has 0 aromatic heterocycles. The van der Waals surface area contributed by atoms with Crippen molar-refractivity contribution in [3.8, 4) is 0 Å². The second-order valence-electron chi connectivity index (χ2n) is 4.40. The minimum absolute atomic E-state index is 0.0495. The first-order chi connectivity index (χ1) is 9.24. The maximum atomic E-state index is 5.83. The molecule has 0 bridgehead atoms. The molecule has 116 valence electrons. The van der Waals surface area contributed by atoms with Gasteiger partial charge in [0, 0.05) is 19.1 Å². The third-order valence-electron chi connectivity index (χ3n) is 2.63. The molecule has 0 rings (SSSR count). The molecule has 0 saturated heterocycles. The maximum absolute atomic E-state index is 5.83. The van der Waals surface area contributed by atoms with Crippen molar-refractivity contribution in [2.24, 2.45) is 5.92 Å².